The van der Waals surface area contributed by atoms with Crippen molar-refractivity contribution in [1.82, 2.24) is 5.32 Å². The van der Waals surface area contributed by atoms with Crippen molar-refractivity contribution >= 4 is 5.97 Å². The average Bonchev–Trinajstić information content (AvgIpc) is 2.42. The molecule has 1 fully saturated rings. The largest absolute Gasteiger partial charge is 0.468 e. The second-order valence-corrected chi connectivity index (χ2v) is 6.91. The van der Waals surface area contributed by atoms with Crippen molar-refractivity contribution < 1.29 is 9.53 Å². The van der Waals surface area contributed by atoms with Gasteiger partial charge < -0.3 is 10.1 Å². The van der Waals surface area contributed by atoms with E-state index in [9.17, 15) is 4.79 Å². The Hall–Kier alpha value is -0.570. The van der Waals surface area contributed by atoms with E-state index in [4.69, 9.17) is 4.74 Å². The molecule has 0 bridgehead atoms. The number of ether oxygens (including phenoxy) is 1. The maximum Gasteiger partial charge on any atom is 0.323 e. The number of hydrogen-bond donors (Lipinski definition) is 1. The van der Waals surface area contributed by atoms with Gasteiger partial charge in [0.05, 0.1) is 7.11 Å². The molecule has 4 unspecified atom stereocenters. The molecule has 0 heterocycles. The number of hydrogen-bond acceptors (Lipinski definition) is 3. The van der Waals surface area contributed by atoms with Gasteiger partial charge in [-0.25, -0.2) is 0 Å². The molecule has 1 rings (SSSR count). The molecule has 0 amide bonds. The van der Waals surface area contributed by atoms with Gasteiger partial charge >= 0.3 is 5.97 Å². The van der Waals surface area contributed by atoms with Crippen molar-refractivity contribution in [1.29, 1.82) is 0 Å². The van der Waals surface area contributed by atoms with Crippen LogP contribution in [-0.4, -0.2) is 25.2 Å². The van der Waals surface area contributed by atoms with E-state index in [1.807, 2.05) is 0 Å². The standard InChI is InChI=1S/C17H33NO2/c1-6-13(4)16(17(19)20-5)18-15-9-7-8-14(11-15)10-12(2)3/h12-16,18H,6-11H2,1-5H3. The monoisotopic (exact) mass is 283 g/mol. The van der Waals surface area contributed by atoms with Gasteiger partial charge in [0.15, 0.2) is 0 Å². The van der Waals surface area contributed by atoms with Gasteiger partial charge in [0, 0.05) is 6.04 Å². The zero-order valence-electron chi connectivity index (χ0n) is 13.9. The summed E-state index contributed by atoms with van der Waals surface area (Å²) in [5, 5.41) is 3.59. The van der Waals surface area contributed by atoms with Crippen molar-refractivity contribution in [3.8, 4) is 0 Å². The normalized spacial score (nSPS) is 26.3. The fourth-order valence-electron chi connectivity index (χ4n) is 3.40. The van der Waals surface area contributed by atoms with Crippen molar-refractivity contribution in [3.05, 3.63) is 0 Å². The number of methoxy groups -OCH3 is 1. The Morgan fingerprint density at radius 3 is 2.55 bits per heavy atom. The third-order valence-electron chi connectivity index (χ3n) is 4.67. The summed E-state index contributed by atoms with van der Waals surface area (Å²) in [6.07, 6.45) is 7.34. The van der Waals surface area contributed by atoms with Crippen LogP contribution < -0.4 is 5.32 Å². The zero-order valence-corrected chi connectivity index (χ0v) is 13.9. The first kappa shape index (κ1) is 17.5. The molecular formula is C17H33NO2. The van der Waals surface area contributed by atoms with Crippen molar-refractivity contribution in [3.63, 3.8) is 0 Å². The summed E-state index contributed by atoms with van der Waals surface area (Å²) in [6.45, 7) is 8.86. The molecule has 0 saturated heterocycles. The molecule has 1 N–H and O–H groups in total. The van der Waals surface area contributed by atoms with Gasteiger partial charge in [-0.15, -0.1) is 0 Å². The van der Waals surface area contributed by atoms with Gasteiger partial charge in [-0.05, 0) is 37.0 Å². The van der Waals surface area contributed by atoms with Crippen LogP contribution in [0.25, 0.3) is 0 Å². The third-order valence-corrected chi connectivity index (χ3v) is 4.67. The van der Waals surface area contributed by atoms with Crippen molar-refractivity contribution in [2.24, 2.45) is 17.8 Å². The summed E-state index contributed by atoms with van der Waals surface area (Å²) in [5.41, 5.74) is 0. The van der Waals surface area contributed by atoms with E-state index in [1.165, 1.54) is 39.2 Å². The fourth-order valence-corrected chi connectivity index (χ4v) is 3.40. The Morgan fingerprint density at radius 2 is 2.00 bits per heavy atom. The molecular weight excluding hydrogens is 250 g/mol. The minimum atomic E-state index is -0.146. The van der Waals surface area contributed by atoms with Crippen LogP contribution in [0, 0.1) is 17.8 Å². The molecule has 0 spiro atoms. The Kier molecular flexibility index (Phi) is 7.57. The minimum absolute atomic E-state index is 0.106. The van der Waals surface area contributed by atoms with Gasteiger partial charge in [-0.3, -0.25) is 4.79 Å². The Balaban J connectivity index is 2.56. The van der Waals surface area contributed by atoms with Gasteiger partial charge in [-0.1, -0.05) is 47.0 Å². The molecule has 1 aliphatic carbocycles. The first-order valence-electron chi connectivity index (χ1n) is 8.31. The topological polar surface area (TPSA) is 38.3 Å². The lowest BCUT2D eigenvalue weighted by Crippen LogP contribution is -2.49. The smallest absolute Gasteiger partial charge is 0.323 e. The van der Waals surface area contributed by atoms with E-state index in [1.54, 1.807) is 0 Å². The molecule has 0 aliphatic heterocycles. The Labute approximate surface area is 124 Å². The predicted molar refractivity (Wildman–Crippen MR) is 83.6 cm³/mol. The Bertz CT molecular complexity index is 291. The summed E-state index contributed by atoms with van der Waals surface area (Å²) in [6, 6.07) is 0.332. The van der Waals surface area contributed by atoms with Crippen molar-refractivity contribution in [2.75, 3.05) is 7.11 Å². The highest BCUT2D eigenvalue weighted by molar-refractivity contribution is 5.76. The molecule has 0 aromatic carbocycles. The molecule has 3 nitrogen and oxygen atoms in total. The van der Waals surface area contributed by atoms with Crippen LogP contribution in [0.5, 0.6) is 0 Å². The van der Waals surface area contributed by atoms with Crippen LogP contribution in [0.15, 0.2) is 0 Å². The molecule has 3 heteroatoms. The zero-order chi connectivity index (χ0) is 15.1. The second kappa shape index (κ2) is 8.66. The summed E-state index contributed by atoms with van der Waals surface area (Å²) >= 11 is 0. The number of carbonyl (C=O) groups is 1. The molecule has 20 heavy (non-hydrogen) atoms. The van der Waals surface area contributed by atoms with Crippen LogP contribution in [0.2, 0.25) is 0 Å². The highest BCUT2D eigenvalue weighted by Gasteiger charge is 2.30. The number of nitrogens with one attached hydrogen (secondary N) is 1. The van der Waals surface area contributed by atoms with Crippen LogP contribution in [0.1, 0.15) is 66.2 Å². The van der Waals surface area contributed by atoms with E-state index >= 15 is 0 Å². The van der Waals surface area contributed by atoms with Crippen LogP contribution in [0.4, 0.5) is 0 Å². The summed E-state index contributed by atoms with van der Waals surface area (Å²) in [7, 11) is 1.49. The Morgan fingerprint density at radius 1 is 1.30 bits per heavy atom. The summed E-state index contributed by atoms with van der Waals surface area (Å²) in [4.78, 5) is 12.0. The molecule has 0 aromatic heterocycles. The maximum atomic E-state index is 12.0. The summed E-state index contributed by atoms with van der Waals surface area (Å²) < 4.78 is 4.97. The van der Waals surface area contributed by atoms with Crippen LogP contribution >= 0.6 is 0 Å². The first-order chi connectivity index (χ1) is 9.47. The van der Waals surface area contributed by atoms with Crippen LogP contribution in [0.3, 0.4) is 0 Å². The second-order valence-electron chi connectivity index (χ2n) is 6.91. The van der Waals surface area contributed by atoms with E-state index < -0.39 is 0 Å². The number of rotatable bonds is 7. The highest BCUT2D eigenvalue weighted by atomic mass is 16.5. The highest BCUT2D eigenvalue weighted by Crippen LogP contribution is 2.30. The molecule has 4 atom stereocenters. The quantitative estimate of drug-likeness (QED) is 0.723. The van der Waals surface area contributed by atoms with Crippen LogP contribution in [-0.2, 0) is 9.53 Å². The fraction of sp³-hybridized carbons (Fsp3) is 0.941. The molecule has 0 radical (unpaired) electrons. The molecule has 1 saturated carbocycles. The van der Waals surface area contributed by atoms with E-state index in [0.29, 0.717) is 12.0 Å². The lowest BCUT2D eigenvalue weighted by molar-refractivity contribution is -0.145. The van der Waals surface area contributed by atoms with E-state index in [0.717, 1.165) is 18.3 Å². The maximum absolute atomic E-state index is 12.0. The van der Waals surface area contributed by atoms with Gasteiger partial charge in [0.25, 0.3) is 0 Å². The SMILES string of the molecule is CCC(C)C(NC1CCCC(CC(C)C)C1)C(=O)OC. The molecule has 118 valence electrons. The van der Waals surface area contributed by atoms with Crippen molar-refractivity contribution in [2.45, 2.75) is 78.3 Å². The lowest BCUT2D eigenvalue weighted by atomic mass is 9.80. The third kappa shape index (κ3) is 5.43. The van der Waals surface area contributed by atoms with E-state index in [-0.39, 0.29) is 12.0 Å². The number of esters is 1. The lowest BCUT2D eigenvalue weighted by Gasteiger charge is -2.34. The summed E-state index contributed by atoms with van der Waals surface area (Å²) in [5.74, 6) is 1.81. The number of carbonyl (C=O) groups excluding carboxylic acids is 1. The predicted octanol–water partition coefficient (Wildman–Crippen LogP) is 3.77. The minimum Gasteiger partial charge on any atom is -0.468 e. The molecule has 1 aliphatic rings. The van der Waals surface area contributed by atoms with Gasteiger partial charge in [0.2, 0.25) is 0 Å². The van der Waals surface area contributed by atoms with Gasteiger partial charge in [0.1, 0.15) is 6.04 Å². The van der Waals surface area contributed by atoms with Gasteiger partial charge in [-0.2, -0.15) is 0 Å². The van der Waals surface area contributed by atoms with E-state index in [2.05, 4.69) is 33.0 Å². The first-order valence-corrected chi connectivity index (χ1v) is 8.31. The average molecular weight is 283 g/mol. The molecule has 0 aromatic rings.